The third-order valence-corrected chi connectivity index (χ3v) is 3.48. The molecule has 0 bridgehead atoms. The van der Waals surface area contributed by atoms with Gasteiger partial charge in [-0.2, -0.15) is 0 Å². The summed E-state index contributed by atoms with van der Waals surface area (Å²) in [6.45, 7) is 8.16. The SMILES string of the molecule is C=C1NC(C)CC(=O)N1Cc1cc(C(N)=O)ccc1C. The fourth-order valence-corrected chi connectivity index (χ4v) is 2.29. The van der Waals surface area contributed by atoms with Gasteiger partial charge in [0.2, 0.25) is 11.8 Å². The average molecular weight is 273 g/mol. The van der Waals surface area contributed by atoms with E-state index in [4.69, 9.17) is 5.73 Å². The molecule has 5 nitrogen and oxygen atoms in total. The fourth-order valence-electron chi connectivity index (χ4n) is 2.29. The Morgan fingerprint density at radius 1 is 1.55 bits per heavy atom. The van der Waals surface area contributed by atoms with Gasteiger partial charge in [0.25, 0.3) is 0 Å². The zero-order valence-electron chi connectivity index (χ0n) is 11.8. The van der Waals surface area contributed by atoms with E-state index in [1.807, 2.05) is 19.9 Å². The molecule has 0 saturated carbocycles. The van der Waals surface area contributed by atoms with Crippen molar-refractivity contribution in [1.82, 2.24) is 10.2 Å². The maximum absolute atomic E-state index is 12.1. The lowest BCUT2D eigenvalue weighted by Gasteiger charge is -2.34. The topological polar surface area (TPSA) is 75.4 Å². The first kappa shape index (κ1) is 14.1. The third kappa shape index (κ3) is 2.82. The molecule has 1 aliphatic rings. The van der Waals surface area contributed by atoms with Gasteiger partial charge < -0.3 is 11.1 Å². The molecule has 2 amide bonds. The number of benzene rings is 1. The molecule has 3 N–H and O–H groups in total. The minimum absolute atomic E-state index is 0.0325. The lowest BCUT2D eigenvalue weighted by Crippen LogP contribution is -2.46. The zero-order valence-corrected chi connectivity index (χ0v) is 11.8. The number of primary amides is 1. The Morgan fingerprint density at radius 3 is 2.85 bits per heavy atom. The number of rotatable bonds is 3. The van der Waals surface area contributed by atoms with Crippen molar-refractivity contribution in [3.05, 3.63) is 47.3 Å². The number of carbonyl (C=O) groups excluding carboxylic acids is 2. The summed E-state index contributed by atoms with van der Waals surface area (Å²) in [5.74, 6) is 0.157. The van der Waals surface area contributed by atoms with E-state index < -0.39 is 5.91 Å². The summed E-state index contributed by atoms with van der Waals surface area (Å²) >= 11 is 0. The summed E-state index contributed by atoms with van der Waals surface area (Å²) in [7, 11) is 0. The minimum Gasteiger partial charge on any atom is -0.369 e. The van der Waals surface area contributed by atoms with Crippen LogP contribution in [-0.4, -0.2) is 22.8 Å². The number of amides is 2. The molecule has 1 atom stereocenters. The van der Waals surface area contributed by atoms with Crippen LogP contribution in [0.4, 0.5) is 0 Å². The zero-order chi connectivity index (χ0) is 14.9. The van der Waals surface area contributed by atoms with Crippen LogP contribution in [0.5, 0.6) is 0 Å². The Morgan fingerprint density at radius 2 is 2.25 bits per heavy atom. The molecule has 2 rings (SSSR count). The standard InChI is InChI=1S/C15H19N3O2/c1-9-4-5-12(15(16)20)7-13(9)8-18-11(3)17-10(2)6-14(18)19/h4-5,7,10,17H,3,6,8H2,1-2H3,(H2,16,20). The molecular formula is C15H19N3O2. The van der Waals surface area contributed by atoms with Crippen molar-refractivity contribution < 1.29 is 9.59 Å². The maximum Gasteiger partial charge on any atom is 0.248 e. The van der Waals surface area contributed by atoms with Crippen LogP contribution in [0.2, 0.25) is 0 Å². The van der Waals surface area contributed by atoms with E-state index in [9.17, 15) is 9.59 Å². The van der Waals surface area contributed by atoms with Gasteiger partial charge in [0.1, 0.15) is 5.82 Å². The minimum atomic E-state index is -0.471. The molecule has 20 heavy (non-hydrogen) atoms. The fraction of sp³-hybridized carbons (Fsp3) is 0.333. The molecule has 0 aliphatic carbocycles. The monoisotopic (exact) mass is 273 g/mol. The van der Waals surface area contributed by atoms with Crippen LogP contribution >= 0.6 is 0 Å². The molecular weight excluding hydrogens is 254 g/mol. The first-order chi connectivity index (χ1) is 9.38. The Labute approximate surface area is 118 Å². The van der Waals surface area contributed by atoms with Gasteiger partial charge in [0, 0.05) is 18.0 Å². The summed E-state index contributed by atoms with van der Waals surface area (Å²) in [6.07, 6.45) is 0.438. The van der Waals surface area contributed by atoms with Crippen LogP contribution in [0.25, 0.3) is 0 Å². The summed E-state index contributed by atoms with van der Waals surface area (Å²) in [5.41, 5.74) is 7.64. The summed E-state index contributed by atoms with van der Waals surface area (Å²) in [5, 5.41) is 3.16. The molecule has 0 radical (unpaired) electrons. The molecule has 0 aromatic heterocycles. The Balaban J connectivity index is 2.25. The molecule has 1 heterocycles. The van der Waals surface area contributed by atoms with E-state index in [2.05, 4.69) is 11.9 Å². The largest absolute Gasteiger partial charge is 0.369 e. The first-order valence-electron chi connectivity index (χ1n) is 6.53. The van der Waals surface area contributed by atoms with E-state index >= 15 is 0 Å². The van der Waals surface area contributed by atoms with Crippen molar-refractivity contribution in [3.8, 4) is 0 Å². The van der Waals surface area contributed by atoms with E-state index in [0.29, 0.717) is 24.4 Å². The number of carbonyl (C=O) groups is 2. The van der Waals surface area contributed by atoms with Crippen LogP contribution in [0.1, 0.15) is 34.8 Å². The highest BCUT2D eigenvalue weighted by Gasteiger charge is 2.26. The van der Waals surface area contributed by atoms with Gasteiger partial charge in [-0.25, -0.2) is 0 Å². The highest BCUT2D eigenvalue weighted by Crippen LogP contribution is 2.19. The number of nitrogens with one attached hydrogen (secondary N) is 1. The molecule has 1 aromatic rings. The third-order valence-electron chi connectivity index (χ3n) is 3.48. The number of nitrogens with two attached hydrogens (primary N) is 1. The highest BCUT2D eigenvalue weighted by atomic mass is 16.2. The number of hydrogen-bond donors (Lipinski definition) is 2. The van der Waals surface area contributed by atoms with Gasteiger partial charge in [-0.05, 0) is 37.1 Å². The van der Waals surface area contributed by atoms with Crippen LogP contribution in [0.3, 0.4) is 0 Å². The van der Waals surface area contributed by atoms with Gasteiger partial charge in [0.05, 0.1) is 6.54 Å². The molecule has 5 heteroatoms. The van der Waals surface area contributed by atoms with Crippen LogP contribution in [0, 0.1) is 6.92 Å². The van der Waals surface area contributed by atoms with Crippen molar-refractivity contribution in [1.29, 1.82) is 0 Å². The second kappa shape index (κ2) is 5.36. The van der Waals surface area contributed by atoms with Crippen LogP contribution in [-0.2, 0) is 11.3 Å². The van der Waals surface area contributed by atoms with Gasteiger partial charge in [-0.1, -0.05) is 12.6 Å². The Bertz CT molecular complexity index is 562. The Kier molecular flexibility index (Phi) is 3.79. The summed E-state index contributed by atoms with van der Waals surface area (Å²) in [6, 6.07) is 5.36. The molecule has 1 unspecified atom stereocenters. The molecule has 1 fully saturated rings. The molecule has 106 valence electrons. The molecule has 1 saturated heterocycles. The van der Waals surface area contributed by atoms with Crippen LogP contribution < -0.4 is 11.1 Å². The van der Waals surface area contributed by atoms with E-state index in [0.717, 1.165) is 11.1 Å². The van der Waals surface area contributed by atoms with Gasteiger partial charge in [-0.3, -0.25) is 14.5 Å². The predicted octanol–water partition coefficient (Wildman–Crippen LogP) is 1.28. The molecule has 0 spiro atoms. The van der Waals surface area contributed by atoms with Crippen molar-refractivity contribution >= 4 is 11.8 Å². The van der Waals surface area contributed by atoms with E-state index in [-0.39, 0.29) is 11.9 Å². The van der Waals surface area contributed by atoms with Crippen molar-refractivity contribution in [3.63, 3.8) is 0 Å². The van der Waals surface area contributed by atoms with Crippen molar-refractivity contribution in [2.24, 2.45) is 5.73 Å². The normalized spacial score (nSPS) is 18.9. The smallest absolute Gasteiger partial charge is 0.248 e. The van der Waals surface area contributed by atoms with Crippen LogP contribution in [0.15, 0.2) is 30.6 Å². The van der Waals surface area contributed by atoms with Gasteiger partial charge >= 0.3 is 0 Å². The van der Waals surface area contributed by atoms with E-state index in [1.54, 1.807) is 17.0 Å². The lowest BCUT2D eigenvalue weighted by atomic mass is 10.0. The first-order valence-corrected chi connectivity index (χ1v) is 6.53. The molecule has 1 aliphatic heterocycles. The summed E-state index contributed by atoms with van der Waals surface area (Å²) in [4.78, 5) is 24.9. The number of nitrogens with zero attached hydrogens (tertiary/aromatic N) is 1. The van der Waals surface area contributed by atoms with Crippen molar-refractivity contribution in [2.75, 3.05) is 0 Å². The lowest BCUT2D eigenvalue weighted by molar-refractivity contribution is -0.132. The second-order valence-electron chi connectivity index (χ2n) is 5.18. The average Bonchev–Trinajstić information content (AvgIpc) is 2.35. The van der Waals surface area contributed by atoms with E-state index in [1.165, 1.54) is 0 Å². The number of hydrogen-bond acceptors (Lipinski definition) is 3. The summed E-state index contributed by atoms with van der Waals surface area (Å²) < 4.78 is 0. The Hall–Kier alpha value is -2.30. The second-order valence-corrected chi connectivity index (χ2v) is 5.18. The molecule has 1 aromatic carbocycles. The number of aryl methyl sites for hydroxylation is 1. The highest BCUT2D eigenvalue weighted by molar-refractivity contribution is 5.93. The maximum atomic E-state index is 12.1. The van der Waals surface area contributed by atoms with Gasteiger partial charge in [-0.15, -0.1) is 0 Å². The van der Waals surface area contributed by atoms with Crippen molar-refractivity contribution in [2.45, 2.75) is 32.9 Å². The van der Waals surface area contributed by atoms with Gasteiger partial charge in [0.15, 0.2) is 0 Å². The predicted molar refractivity (Wildman–Crippen MR) is 76.6 cm³/mol. The quantitative estimate of drug-likeness (QED) is 0.871.